The van der Waals surface area contributed by atoms with Crippen molar-refractivity contribution in [3.05, 3.63) is 75.7 Å². The van der Waals surface area contributed by atoms with Crippen LogP contribution in [0.25, 0.3) is 10.9 Å². The Morgan fingerprint density at radius 2 is 1.95 bits per heavy atom. The summed E-state index contributed by atoms with van der Waals surface area (Å²) in [5.74, 6) is -0.799. The number of nitrogens with zero attached hydrogens (tertiary/aromatic N) is 2. The molecule has 4 nitrogen and oxygen atoms in total. The van der Waals surface area contributed by atoms with Crippen LogP contribution in [0.3, 0.4) is 0 Å². The molecule has 0 unspecified atom stereocenters. The Balaban J connectivity index is 2.01. The number of nitro groups is 1. The zero-order chi connectivity index (χ0) is 15.0. The fraction of sp³-hybridized carbons (Fsp3) is 0.125. The summed E-state index contributed by atoms with van der Waals surface area (Å²) in [4.78, 5) is 9.93. The van der Waals surface area contributed by atoms with Crippen molar-refractivity contribution in [3.63, 3.8) is 0 Å². The van der Waals surface area contributed by atoms with Gasteiger partial charge in [0, 0.05) is 23.8 Å². The predicted molar refractivity (Wildman–Crippen MR) is 78.8 cm³/mol. The van der Waals surface area contributed by atoms with E-state index in [-0.39, 0.29) is 0 Å². The van der Waals surface area contributed by atoms with E-state index in [0.717, 1.165) is 16.6 Å². The maximum absolute atomic E-state index is 13.7. The van der Waals surface area contributed by atoms with Crippen LogP contribution >= 0.6 is 0 Å². The monoisotopic (exact) mass is 284 g/mol. The fourth-order valence-electron chi connectivity index (χ4n) is 2.54. The van der Waals surface area contributed by atoms with Crippen LogP contribution in [0.15, 0.2) is 48.5 Å². The topological polar surface area (TPSA) is 48.1 Å². The maximum Gasteiger partial charge on any atom is 0.304 e. The van der Waals surface area contributed by atoms with Crippen LogP contribution in [-0.4, -0.2) is 9.49 Å². The van der Waals surface area contributed by atoms with Gasteiger partial charge in [0.25, 0.3) is 0 Å². The smallest absolute Gasteiger partial charge is 0.304 e. The van der Waals surface area contributed by atoms with Crippen LogP contribution in [0.5, 0.6) is 0 Å². The van der Waals surface area contributed by atoms with E-state index in [0.29, 0.717) is 12.1 Å². The number of rotatable bonds is 3. The molecule has 0 aliphatic carbocycles. The zero-order valence-corrected chi connectivity index (χ0v) is 11.4. The number of hydrogen-bond acceptors (Lipinski definition) is 2. The molecule has 0 aliphatic heterocycles. The van der Waals surface area contributed by atoms with Gasteiger partial charge in [0.1, 0.15) is 0 Å². The summed E-state index contributed by atoms with van der Waals surface area (Å²) < 4.78 is 15.8. The molecule has 1 aromatic heterocycles. The highest BCUT2D eigenvalue weighted by atomic mass is 19.1. The number of nitro benzene ring substituents is 1. The highest BCUT2D eigenvalue weighted by Gasteiger charge is 2.14. The summed E-state index contributed by atoms with van der Waals surface area (Å²) in [6.07, 6.45) is 0. The molecule has 0 bridgehead atoms. The minimum atomic E-state index is -0.799. The largest absolute Gasteiger partial charge is 0.340 e. The van der Waals surface area contributed by atoms with Crippen molar-refractivity contribution >= 4 is 16.6 Å². The van der Waals surface area contributed by atoms with Gasteiger partial charge < -0.3 is 4.57 Å². The van der Waals surface area contributed by atoms with Crippen molar-refractivity contribution in [2.24, 2.45) is 0 Å². The number of aryl methyl sites for hydroxylation is 1. The third-order valence-corrected chi connectivity index (χ3v) is 3.57. The molecule has 0 atom stereocenters. The summed E-state index contributed by atoms with van der Waals surface area (Å²) in [6.45, 7) is 2.47. The van der Waals surface area contributed by atoms with Crippen LogP contribution in [-0.2, 0) is 6.54 Å². The minimum absolute atomic E-state index is 0.480. The van der Waals surface area contributed by atoms with E-state index in [1.807, 2.05) is 31.2 Å². The van der Waals surface area contributed by atoms with Gasteiger partial charge in [-0.05, 0) is 36.1 Å². The highest BCUT2D eigenvalue weighted by molar-refractivity contribution is 5.81. The molecular formula is C16H13FN2O2. The highest BCUT2D eigenvalue weighted by Crippen LogP contribution is 2.23. The average Bonchev–Trinajstić information content (AvgIpc) is 2.75. The Labute approximate surface area is 120 Å². The van der Waals surface area contributed by atoms with Gasteiger partial charge in [0.05, 0.1) is 4.92 Å². The maximum atomic E-state index is 13.7. The summed E-state index contributed by atoms with van der Waals surface area (Å²) in [6, 6.07) is 14.1. The van der Waals surface area contributed by atoms with Crippen LogP contribution in [0.2, 0.25) is 0 Å². The second-order valence-electron chi connectivity index (χ2n) is 4.97. The van der Waals surface area contributed by atoms with Gasteiger partial charge in [-0.15, -0.1) is 0 Å². The first kappa shape index (κ1) is 13.3. The van der Waals surface area contributed by atoms with Crippen molar-refractivity contribution < 1.29 is 9.31 Å². The molecule has 0 radical (unpaired) electrons. The first-order chi connectivity index (χ1) is 10.1. The van der Waals surface area contributed by atoms with E-state index in [1.165, 1.54) is 12.1 Å². The summed E-state index contributed by atoms with van der Waals surface area (Å²) >= 11 is 0. The molecule has 5 heteroatoms. The quantitative estimate of drug-likeness (QED) is 0.538. The summed E-state index contributed by atoms with van der Waals surface area (Å²) in [5, 5.41) is 11.8. The van der Waals surface area contributed by atoms with Gasteiger partial charge in [-0.25, -0.2) is 0 Å². The van der Waals surface area contributed by atoms with Crippen molar-refractivity contribution in [3.8, 4) is 0 Å². The van der Waals surface area contributed by atoms with Crippen LogP contribution in [0, 0.1) is 22.9 Å². The first-order valence-corrected chi connectivity index (χ1v) is 6.54. The van der Waals surface area contributed by atoms with Gasteiger partial charge >= 0.3 is 5.69 Å². The molecule has 0 aliphatic rings. The summed E-state index contributed by atoms with van der Waals surface area (Å²) in [5.41, 5.74) is 2.33. The lowest BCUT2D eigenvalue weighted by Crippen LogP contribution is -2.02. The lowest BCUT2D eigenvalue weighted by atomic mass is 10.2. The van der Waals surface area contributed by atoms with Gasteiger partial charge in [0.2, 0.25) is 5.82 Å². The molecule has 0 saturated heterocycles. The van der Waals surface area contributed by atoms with Crippen LogP contribution < -0.4 is 0 Å². The molecular weight excluding hydrogens is 271 g/mol. The van der Waals surface area contributed by atoms with E-state index in [1.54, 1.807) is 6.07 Å². The summed E-state index contributed by atoms with van der Waals surface area (Å²) in [7, 11) is 0. The van der Waals surface area contributed by atoms with Gasteiger partial charge in [-0.3, -0.25) is 10.1 Å². The molecule has 2 aromatic carbocycles. The Kier molecular flexibility index (Phi) is 3.17. The molecule has 0 saturated carbocycles. The van der Waals surface area contributed by atoms with E-state index in [4.69, 9.17) is 0 Å². The number of para-hydroxylation sites is 1. The number of fused-ring (bicyclic) bond motifs is 1. The molecule has 3 rings (SSSR count). The Hall–Kier alpha value is -2.69. The number of benzene rings is 2. The number of hydrogen-bond donors (Lipinski definition) is 0. The van der Waals surface area contributed by atoms with Gasteiger partial charge in [-0.2, -0.15) is 4.39 Å². The van der Waals surface area contributed by atoms with Crippen molar-refractivity contribution in [2.75, 3.05) is 0 Å². The van der Waals surface area contributed by atoms with Gasteiger partial charge in [0.15, 0.2) is 0 Å². The molecule has 1 heterocycles. The predicted octanol–water partition coefficient (Wildman–Crippen LogP) is 4.05. The Morgan fingerprint density at radius 3 is 2.67 bits per heavy atom. The third kappa shape index (κ3) is 2.38. The standard InChI is InChI=1S/C16H13FN2O2/c1-11-8-13-4-2-3-5-15(13)18(11)10-12-6-7-16(19(20)21)14(17)9-12/h2-9H,10H2,1H3. The molecule has 3 aromatic rings. The molecule has 21 heavy (non-hydrogen) atoms. The molecule has 0 fully saturated rings. The van der Waals surface area contributed by atoms with Crippen LogP contribution in [0.1, 0.15) is 11.3 Å². The minimum Gasteiger partial charge on any atom is -0.340 e. The van der Waals surface area contributed by atoms with E-state index in [2.05, 4.69) is 10.6 Å². The second-order valence-corrected chi connectivity index (χ2v) is 4.97. The van der Waals surface area contributed by atoms with Crippen LogP contribution in [0.4, 0.5) is 10.1 Å². The third-order valence-electron chi connectivity index (χ3n) is 3.57. The SMILES string of the molecule is Cc1cc2ccccc2n1Cc1ccc([N+](=O)[O-])c(F)c1. The van der Waals surface area contributed by atoms with Crippen molar-refractivity contribution in [1.82, 2.24) is 4.57 Å². The molecule has 106 valence electrons. The molecule has 0 amide bonds. The lowest BCUT2D eigenvalue weighted by Gasteiger charge is -2.08. The normalized spacial score (nSPS) is 11.0. The number of aromatic nitrogens is 1. The van der Waals surface area contributed by atoms with E-state index >= 15 is 0 Å². The van der Waals surface area contributed by atoms with E-state index < -0.39 is 16.4 Å². The average molecular weight is 284 g/mol. The molecule has 0 spiro atoms. The second kappa shape index (κ2) is 5.01. The first-order valence-electron chi connectivity index (χ1n) is 6.54. The number of halogens is 1. The zero-order valence-electron chi connectivity index (χ0n) is 11.4. The Bertz CT molecular complexity index is 839. The van der Waals surface area contributed by atoms with E-state index in [9.17, 15) is 14.5 Å². The van der Waals surface area contributed by atoms with Crippen molar-refractivity contribution in [1.29, 1.82) is 0 Å². The van der Waals surface area contributed by atoms with Gasteiger partial charge in [-0.1, -0.05) is 24.3 Å². The Morgan fingerprint density at radius 1 is 1.19 bits per heavy atom. The van der Waals surface area contributed by atoms with Crippen molar-refractivity contribution in [2.45, 2.75) is 13.5 Å². The lowest BCUT2D eigenvalue weighted by molar-refractivity contribution is -0.387. The fourth-order valence-corrected chi connectivity index (χ4v) is 2.54. The molecule has 0 N–H and O–H groups in total.